The molecule has 0 aromatic heterocycles. The molecule has 0 unspecified atom stereocenters. The van der Waals surface area contributed by atoms with Crippen LogP contribution in [0.1, 0.15) is 38.8 Å². The molecule has 0 saturated carbocycles. The van der Waals surface area contributed by atoms with Crippen LogP contribution < -0.4 is 10.7 Å². The van der Waals surface area contributed by atoms with Crippen LogP contribution in [0.3, 0.4) is 0 Å². The Labute approximate surface area is 178 Å². The summed E-state index contributed by atoms with van der Waals surface area (Å²) in [6.07, 6.45) is 0. The number of amides is 2. The molecule has 0 aliphatic rings. The highest BCUT2D eigenvalue weighted by atomic mass is 79.9. The van der Waals surface area contributed by atoms with Crippen LogP contribution in [-0.4, -0.2) is 17.5 Å². The average Bonchev–Trinajstić information content (AvgIpc) is 2.72. The molecule has 0 atom stereocenters. The van der Waals surface area contributed by atoms with Gasteiger partial charge in [-0.1, -0.05) is 51.8 Å². The lowest BCUT2D eigenvalue weighted by atomic mass is 10.1. The van der Waals surface area contributed by atoms with E-state index in [1.807, 2.05) is 55.5 Å². The zero-order valence-electron chi connectivity index (χ0n) is 16.1. The number of halogens is 1. The lowest BCUT2D eigenvalue weighted by Gasteiger charge is -2.08. The highest BCUT2D eigenvalue weighted by molar-refractivity contribution is 9.10. The van der Waals surface area contributed by atoms with E-state index in [0.717, 1.165) is 15.6 Å². The predicted octanol–water partition coefficient (Wildman–Crippen LogP) is 5.16. The number of benzene rings is 3. The summed E-state index contributed by atoms with van der Waals surface area (Å²) in [5, 5.41) is 7.07. The van der Waals surface area contributed by atoms with E-state index in [9.17, 15) is 9.59 Å². The van der Waals surface area contributed by atoms with E-state index in [1.54, 1.807) is 31.2 Å². The number of rotatable bonds is 5. The third kappa shape index (κ3) is 5.62. The molecule has 0 fully saturated rings. The van der Waals surface area contributed by atoms with Crippen LogP contribution in [0.5, 0.6) is 0 Å². The third-order valence-corrected chi connectivity index (χ3v) is 4.72. The summed E-state index contributed by atoms with van der Waals surface area (Å²) in [7, 11) is 0. The first-order valence-electron chi connectivity index (χ1n) is 9.01. The molecule has 0 bridgehead atoms. The van der Waals surface area contributed by atoms with E-state index >= 15 is 0 Å². The minimum absolute atomic E-state index is 0.177. The van der Waals surface area contributed by atoms with Crippen molar-refractivity contribution in [3.05, 3.63) is 99.5 Å². The van der Waals surface area contributed by atoms with Crippen LogP contribution >= 0.6 is 15.9 Å². The van der Waals surface area contributed by atoms with Crippen molar-refractivity contribution < 1.29 is 9.59 Å². The molecule has 3 aromatic carbocycles. The van der Waals surface area contributed by atoms with Crippen molar-refractivity contribution in [2.24, 2.45) is 5.10 Å². The smallest absolute Gasteiger partial charge is 0.271 e. The fourth-order valence-electron chi connectivity index (χ4n) is 2.71. The van der Waals surface area contributed by atoms with Gasteiger partial charge in [0.05, 0.1) is 5.71 Å². The molecule has 2 amide bonds. The molecular formula is C23H20BrN3O2. The molecule has 0 spiro atoms. The summed E-state index contributed by atoms with van der Waals surface area (Å²) in [6.45, 7) is 3.74. The Morgan fingerprint density at radius 1 is 0.828 bits per heavy atom. The van der Waals surface area contributed by atoms with Crippen LogP contribution in [0.4, 0.5) is 5.69 Å². The minimum atomic E-state index is -0.297. The standard InChI is InChI=1S/C23H20BrN3O2/c1-15-6-3-8-18(12-15)22(28)25-21-11-5-7-17(14-21)16(2)26-27-23(29)19-9-4-10-20(24)13-19/h3-14H,1-2H3,(H,25,28)(H,27,29). The van der Waals surface area contributed by atoms with Gasteiger partial charge in [0.25, 0.3) is 11.8 Å². The summed E-state index contributed by atoms with van der Waals surface area (Å²) < 4.78 is 0.822. The molecule has 29 heavy (non-hydrogen) atoms. The van der Waals surface area contributed by atoms with Crippen LogP contribution in [0.15, 0.2) is 82.4 Å². The second-order valence-electron chi connectivity index (χ2n) is 6.55. The normalized spacial score (nSPS) is 11.1. The molecule has 3 aromatic rings. The number of carbonyl (C=O) groups excluding carboxylic acids is 2. The van der Waals surface area contributed by atoms with Crippen molar-refractivity contribution in [1.29, 1.82) is 0 Å². The Morgan fingerprint density at radius 3 is 2.21 bits per heavy atom. The summed E-state index contributed by atoms with van der Waals surface area (Å²) >= 11 is 3.35. The van der Waals surface area contributed by atoms with Gasteiger partial charge in [0.1, 0.15) is 0 Å². The largest absolute Gasteiger partial charge is 0.322 e. The number of hydrogen-bond acceptors (Lipinski definition) is 3. The van der Waals surface area contributed by atoms with Gasteiger partial charge < -0.3 is 5.32 Å². The second-order valence-corrected chi connectivity index (χ2v) is 7.47. The van der Waals surface area contributed by atoms with Gasteiger partial charge >= 0.3 is 0 Å². The molecule has 0 aliphatic carbocycles. The zero-order chi connectivity index (χ0) is 20.8. The predicted molar refractivity (Wildman–Crippen MR) is 119 cm³/mol. The van der Waals surface area contributed by atoms with Crippen molar-refractivity contribution >= 4 is 39.1 Å². The number of carbonyl (C=O) groups is 2. The first kappa shape index (κ1) is 20.5. The maximum Gasteiger partial charge on any atom is 0.271 e. The van der Waals surface area contributed by atoms with Gasteiger partial charge in [0, 0.05) is 21.3 Å². The Kier molecular flexibility index (Phi) is 6.57. The monoisotopic (exact) mass is 449 g/mol. The lowest BCUT2D eigenvalue weighted by Crippen LogP contribution is -2.19. The van der Waals surface area contributed by atoms with E-state index in [2.05, 4.69) is 31.8 Å². The van der Waals surface area contributed by atoms with Crippen molar-refractivity contribution in [2.45, 2.75) is 13.8 Å². The van der Waals surface area contributed by atoms with Crippen molar-refractivity contribution in [3.8, 4) is 0 Å². The second kappa shape index (κ2) is 9.30. The van der Waals surface area contributed by atoms with E-state index in [1.165, 1.54) is 0 Å². The van der Waals surface area contributed by atoms with Crippen LogP contribution in [0.25, 0.3) is 0 Å². The summed E-state index contributed by atoms with van der Waals surface area (Å²) in [6, 6.07) is 21.8. The maximum absolute atomic E-state index is 12.4. The van der Waals surface area contributed by atoms with Gasteiger partial charge in [-0.25, -0.2) is 5.43 Å². The number of hydrazone groups is 1. The van der Waals surface area contributed by atoms with Crippen molar-refractivity contribution in [3.63, 3.8) is 0 Å². The van der Waals surface area contributed by atoms with Crippen molar-refractivity contribution in [2.75, 3.05) is 5.32 Å². The molecule has 6 heteroatoms. The molecule has 0 aliphatic heterocycles. The molecule has 5 nitrogen and oxygen atoms in total. The molecule has 0 radical (unpaired) electrons. The fourth-order valence-corrected chi connectivity index (χ4v) is 3.10. The molecule has 0 saturated heterocycles. The molecule has 2 N–H and O–H groups in total. The highest BCUT2D eigenvalue weighted by Gasteiger charge is 2.08. The summed E-state index contributed by atoms with van der Waals surface area (Å²) in [5.41, 5.74) is 6.76. The SMILES string of the molecule is CC(=NNC(=O)c1cccc(Br)c1)c1cccc(NC(=O)c2cccc(C)c2)c1. The Balaban J connectivity index is 1.70. The van der Waals surface area contributed by atoms with Crippen molar-refractivity contribution in [1.82, 2.24) is 5.43 Å². The first-order valence-corrected chi connectivity index (χ1v) is 9.80. The number of hydrogen-bond donors (Lipinski definition) is 2. The Bertz CT molecular complexity index is 1090. The van der Waals surface area contributed by atoms with Crippen LogP contribution in [0.2, 0.25) is 0 Å². The van der Waals surface area contributed by atoms with Gasteiger partial charge in [-0.05, 0) is 61.9 Å². The zero-order valence-corrected chi connectivity index (χ0v) is 17.7. The maximum atomic E-state index is 12.4. The average molecular weight is 450 g/mol. The number of nitrogens with zero attached hydrogens (tertiary/aromatic N) is 1. The Morgan fingerprint density at radius 2 is 1.48 bits per heavy atom. The quantitative estimate of drug-likeness (QED) is 0.416. The molecule has 146 valence electrons. The van der Waals surface area contributed by atoms with Gasteiger partial charge in [-0.15, -0.1) is 0 Å². The van der Waals surface area contributed by atoms with Crippen LogP contribution in [-0.2, 0) is 0 Å². The molecule has 0 heterocycles. The van der Waals surface area contributed by atoms with E-state index in [0.29, 0.717) is 22.5 Å². The number of anilines is 1. The van der Waals surface area contributed by atoms with Gasteiger partial charge in [0.15, 0.2) is 0 Å². The summed E-state index contributed by atoms with van der Waals surface area (Å²) in [5.74, 6) is -0.474. The minimum Gasteiger partial charge on any atom is -0.322 e. The topological polar surface area (TPSA) is 70.6 Å². The molecule has 3 rings (SSSR count). The van der Waals surface area contributed by atoms with Gasteiger partial charge in [-0.3, -0.25) is 9.59 Å². The Hall–Kier alpha value is -3.25. The lowest BCUT2D eigenvalue weighted by molar-refractivity contribution is 0.0954. The third-order valence-electron chi connectivity index (χ3n) is 4.23. The summed E-state index contributed by atoms with van der Waals surface area (Å²) in [4.78, 5) is 24.7. The number of nitrogens with one attached hydrogen (secondary N) is 2. The van der Waals surface area contributed by atoms with E-state index in [4.69, 9.17) is 0 Å². The van der Waals surface area contributed by atoms with Gasteiger partial charge in [-0.2, -0.15) is 5.10 Å². The van der Waals surface area contributed by atoms with E-state index in [-0.39, 0.29) is 11.8 Å². The highest BCUT2D eigenvalue weighted by Crippen LogP contribution is 2.14. The molecular weight excluding hydrogens is 430 g/mol. The van der Waals surface area contributed by atoms with Crippen LogP contribution in [0, 0.1) is 6.92 Å². The first-order chi connectivity index (χ1) is 13.9. The van der Waals surface area contributed by atoms with E-state index < -0.39 is 0 Å². The van der Waals surface area contributed by atoms with Gasteiger partial charge in [0.2, 0.25) is 0 Å². The fraction of sp³-hybridized carbons (Fsp3) is 0.0870. The number of aryl methyl sites for hydroxylation is 1.